The molecule has 5 heteroatoms. The summed E-state index contributed by atoms with van der Waals surface area (Å²) >= 11 is 0. The molecule has 1 heterocycles. The normalized spacial score (nSPS) is 10.2. The number of fused-ring (bicyclic) bond motifs is 2. The van der Waals surface area contributed by atoms with Crippen molar-refractivity contribution in [2.45, 2.75) is 33.1 Å². The van der Waals surface area contributed by atoms with Crippen molar-refractivity contribution in [3.8, 4) is 0 Å². The molecule has 0 spiro atoms. The number of carboxylic acid groups (broad SMARTS) is 2. The molecule has 3 aromatic carbocycles. The van der Waals surface area contributed by atoms with Gasteiger partial charge in [-0.3, -0.25) is 4.79 Å². The Labute approximate surface area is 182 Å². The van der Waals surface area contributed by atoms with Crippen molar-refractivity contribution in [2.75, 3.05) is 0 Å². The fourth-order valence-electron chi connectivity index (χ4n) is 3.66. The molecule has 0 radical (unpaired) electrons. The number of nitrogens with zero attached hydrogens (tertiary/aromatic N) is 1. The molecule has 1 N–H and O–H groups in total. The first kappa shape index (κ1) is 23.7. The molecule has 0 aliphatic rings. The summed E-state index contributed by atoms with van der Waals surface area (Å²) in [6.07, 6.45) is 3.70. The summed E-state index contributed by atoms with van der Waals surface area (Å²) in [6, 6.07) is 21.7. The Kier molecular flexibility index (Phi) is 8.38. The van der Waals surface area contributed by atoms with E-state index in [1.807, 2.05) is 61.6 Å². The Hall–Kier alpha value is -3.60. The van der Waals surface area contributed by atoms with E-state index in [1.165, 1.54) is 16.5 Å². The van der Waals surface area contributed by atoms with Crippen molar-refractivity contribution in [3.05, 3.63) is 84.1 Å². The fourth-order valence-corrected chi connectivity index (χ4v) is 3.66. The minimum atomic E-state index is -0.972. The molecule has 0 amide bonds. The summed E-state index contributed by atoms with van der Waals surface area (Å²) in [5, 5.41) is 22.4. The van der Waals surface area contributed by atoms with Crippen LogP contribution in [0.15, 0.2) is 72.9 Å². The molecule has 0 saturated heterocycles. The first-order valence-electron chi connectivity index (χ1n) is 9.87. The van der Waals surface area contributed by atoms with Crippen molar-refractivity contribution >= 4 is 33.6 Å². The maximum atomic E-state index is 10.6. The highest BCUT2D eigenvalue weighted by molar-refractivity contribution is 5.88. The van der Waals surface area contributed by atoms with Crippen LogP contribution >= 0.6 is 0 Å². The molecule has 0 fully saturated rings. The number of rotatable bonds is 6. The fraction of sp³-hybridized carbons (Fsp3) is 0.231. The third kappa shape index (κ3) is 6.19. The van der Waals surface area contributed by atoms with Gasteiger partial charge in [0, 0.05) is 30.1 Å². The van der Waals surface area contributed by atoms with Gasteiger partial charge in [-0.15, -0.1) is 0 Å². The van der Waals surface area contributed by atoms with E-state index in [0.717, 1.165) is 22.8 Å². The maximum absolute atomic E-state index is 10.6. The quantitative estimate of drug-likeness (QED) is 0.505. The Morgan fingerprint density at radius 2 is 1.55 bits per heavy atom. The van der Waals surface area contributed by atoms with Crippen LogP contribution < -0.4 is 5.11 Å². The van der Waals surface area contributed by atoms with Crippen LogP contribution in [0.25, 0.3) is 21.7 Å². The second-order valence-electron chi connectivity index (χ2n) is 7.22. The number of carboxylic acids is 2. The number of aryl methyl sites for hydroxylation is 2. The zero-order valence-electron chi connectivity index (χ0n) is 16.9. The van der Waals surface area contributed by atoms with Gasteiger partial charge in [-0.1, -0.05) is 68.1 Å². The van der Waals surface area contributed by atoms with E-state index >= 15 is 0 Å². The number of para-hydroxylation sites is 1. The molecule has 5 nitrogen and oxygen atoms in total. The van der Waals surface area contributed by atoms with Gasteiger partial charge >= 0.3 is 5.97 Å². The van der Waals surface area contributed by atoms with Gasteiger partial charge in [-0.2, -0.15) is 0 Å². The molecule has 4 rings (SSSR count). The summed E-state index contributed by atoms with van der Waals surface area (Å²) in [5.74, 6) is -1.76. The summed E-state index contributed by atoms with van der Waals surface area (Å²) in [7, 11) is 2.00. The van der Waals surface area contributed by atoms with Crippen molar-refractivity contribution in [2.24, 2.45) is 7.05 Å². The molecule has 1 aromatic heterocycles. The van der Waals surface area contributed by atoms with E-state index in [4.69, 9.17) is 5.11 Å². The zero-order chi connectivity index (χ0) is 21.5. The number of carbonyl (C=O) groups is 2. The van der Waals surface area contributed by atoms with Crippen molar-refractivity contribution in [1.29, 1.82) is 0 Å². The van der Waals surface area contributed by atoms with Gasteiger partial charge in [0.05, 0.1) is 6.42 Å². The monoisotopic (exact) mass is 418 g/mol. The molecular weight excluding hydrogens is 390 g/mol. The summed E-state index contributed by atoms with van der Waals surface area (Å²) in [6.45, 7) is 0. The number of benzene rings is 3. The van der Waals surface area contributed by atoms with Crippen LogP contribution in [0.1, 0.15) is 31.4 Å². The van der Waals surface area contributed by atoms with Crippen molar-refractivity contribution in [3.63, 3.8) is 0 Å². The minimum Gasteiger partial charge on any atom is -0.550 e. The second kappa shape index (κ2) is 11.0. The Morgan fingerprint density at radius 1 is 0.903 bits per heavy atom. The van der Waals surface area contributed by atoms with Gasteiger partial charge in [-0.25, -0.2) is 0 Å². The highest BCUT2D eigenvalue weighted by Gasteiger charge is 2.05. The van der Waals surface area contributed by atoms with E-state index in [0.29, 0.717) is 6.42 Å². The molecule has 0 aliphatic carbocycles. The maximum Gasteiger partial charge on any atom is 0.307 e. The Morgan fingerprint density at radius 3 is 2.26 bits per heavy atom. The van der Waals surface area contributed by atoms with Gasteiger partial charge in [0.15, 0.2) is 0 Å². The van der Waals surface area contributed by atoms with Crippen LogP contribution in [0, 0.1) is 0 Å². The molecule has 0 aliphatic heterocycles. The van der Waals surface area contributed by atoms with Crippen LogP contribution in [-0.2, 0) is 29.5 Å². The predicted molar refractivity (Wildman–Crippen MR) is 123 cm³/mol. The van der Waals surface area contributed by atoms with Gasteiger partial charge < -0.3 is 19.6 Å². The molecule has 0 unspecified atom stereocenters. The lowest BCUT2D eigenvalue weighted by atomic mass is 10.0. The Bertz CT molecular complexity index is 1170. The molecule has 0 saturated carbocycles. The molecule has 162 valence electrons. The van der Waals surface area contributed by atoms with Crippen LogP contribution in [0.2, 0.25) is 0 Å². The van der Waals surface area contributed by atoms with E-state index in [9.17, 15) is 14.7 Å². The van der Waals surface area contributed by atoms with Gasteiger partial charge in [-0.05, 0) is 47.2 Å². The zero-order valence-corrected chi connectivity index (χ0v) is 16.9. The topological polar surface area (TPSA) is 82.4 Å². The van der Waals surface area contributed by atoms with Crippen molar-refractivity contribution < 1.29 is 19.8 Å². The molecule has 31 heavy (non-hydrogen) atoms. The lowest BCUT2D eigenvalue weighted by molar-refractivity contribution is -0.305. The molecular formula is C26H28NO4-. The van der Waals surface area contributed by atoms with E-state index in [-0.39, 0.29) is 20.3 Å². The van der Waals surface area contributed by atoms with E-state index in [2.05, 4.69) is 22.9 Å². The number of carbonyl (C=O) groups excluding carboxylic acids is 1. The Balaban J connectivity index is 0.000000215. The lowest BCUT2D eigenvalue weighted by Crippen LogP contribution is -2.21. The highest BCUT2D eigenvalue weighted by Crippen LogP contribution is 2.21. The highest BCUT2D eigenvalue weighted by atomic mass is 16.4. The van der Waals surface area contributed by atoms with Crippen LogP contribution in [0.3, 0.4) is 0 Å². The SMILES string of the molecule is C.Cn1cc(CCCC(=O)[O-])c2ccccc21.O=C(O)Cc1cccc2ccccc12. The first-order chi connectivity index (χ1) is 14.5. The molecule has 4 aromatic rings. The van der Waals surface area contributed by atoms with Gasteiger partial charge in [0.2, 0.25) is 0 Å². The third-order valence-corrected chi connectivity index (χ3v) is 5.03. The number of aromatic nitrogens is 1. The minimum absolute atomic E-state index is 0. The third-order valence-electron chi connectivity index (χ3n) is 5.03. The first-order valence-corrected chi connectivity index (χ1v) is 9.87. The number of hydrogen-bond donors (Lipinski definition) is 1. The van der Waals surface area contributed by atoms with Crippen LogP contribution in [0.5, 0.6) is 0 Å². The molecule has 0 bridgehead atoms. The van der Waals surface area contributed by atoms with E-state index < -0.39 is 11.9 Å². The van der Waals surface area contributed by atoms with Crippen LogP contribution in [0.4, 0.5) is 0 Å². The van der Waals surface area contributed by atoms with Gasteiger partial charge in [0.25, 0.3) is 0 Å². The van der Waals surface area contributed by atoms with Gasteiger partial charge in [0.1, 0.15) is 0 Å². The summed E-state index contributed by atoms with van der Waals surface area (Å²) < 4.78 is 2.07. The van der Waals surface area contributed by atoms with Crippen molar-refractivity contribution in [1.82, 2.24) is 4.57 Å². The van der Waals surface area contributed by atoms with Crippen LogP contribution in [-0.4, -0.2) is 21.6 Å². The largest absolute Gasteiger partial charge is 0.550 e. The second-order valence-corrected chi connectivity index (χ2v) is 7.22. The summed E-state index contributed by atoms with van der Waals surface area (Å²) in [4.78, 5) is 21.0. The average Bonchev–Trinajstić information content (AvgIpc) is 3.04. The van der Waals surface area contributed by atoms with E-state index in [1.54, 1.807) is 0 Å². The summed E-state index contributed by atoms with van der Waals surface area (Å²) in [5.41, 5.74) is 3.26. The number of hydrogen-bond acceptors (Lipinski definition) is 3. The number of aliphatic carboxylic acids is 2. The lowest BCUT2D eigenvalue weighted by Gasteiger charge is -2.02. The predicted octanol–water partition coefficient (Wildman–Crippen LogP) is 4.35. The smallest absolute Gasteiger partial charge is 0.307 e. The average molecular weight is 419 g/mol. The standard InChI is InChI=1S/C13H15NO2.C12H10O2.CH4/c1-14-9-10(5-4-8-13(15)16)11-6-2-3-7-12(11)14;13-12(14)8-10-6-3-5-9-4-1-2-7-11(9)10;/h2-3,6-7,9H,4-5,8H2,1H3,(H,15,16);1-7H,8H2,(H,13,14);1H4/p-1. The molecule has 0 atom stereocenters.